The number of nitrogens with zero attached hydrogens (tertiary/aromatic N) is 1. The molecule has 1 heterocycles. The highest BCUT2D eigenvalue weighted by atomic mass is 35.5. The molecule has 5 heteroatoms. The van der Waals surface area contributed by atoms with E-state index in [4.69, 9.17) is 11.6 Å². The summed E-state index contributed by atoms with van der Waals surface area (Å²) in [4.78, 5) is 16.2. The lowest BCUT2D eigenvalue weighted by Crippen LogP contribution is -2.20. The second-order valence-electron chi connectivity index (χ2n) is 4.88. The van der Waals surface area contributed by atoms with Crippen molar-refractivity contribution in [2.45, 2.75) is 0 Å². The fourth-order valence-corrected chi connectivity index (χ4v) is 2.25. The molecular formula is C18H14ClN3O. The predicted molar refractivity (Wildman–Crippen MR) is 93.8 cm³/mol. The third-order valence-electron chi connectivity index (χ3n) is 3.21. The van der Waals surface area contributed by atoms with Crippen LogP contribution in [0, 0.1) is 0 Å². The van der Waals surface area contributed by atoms with Gasteiger partial charge in [-0.25, -0.2) is 9.78 Å². The van der Waals surface area contributed by atoms with E-state index in [0.29, 0.717) is 16.5 Å². The molecule has 1 aromatic heterocycles. The summed E-state index contributed by atoms with van der Waals surface area (Å²) >= 11 is 5.82. The molecule has 0 aliphatic rings. The first-order valence-electron chi connectivity index (χ1n) is 7.06. The molecule has 2 aromatic carbocycles. The molecule has 0 atom stereocenters. The van der Waals surface area contributed by atoms with E-state index in [1.165, 1.54) is 0 Å². The fraction of sp³-hybridized carbons (Fsp3) is 0. The molecule has 3 aromatic rings. The molecule has 114 valence electrons. The van der Waals surface area contributed by atoms with Crippen LogP contribution in [0.5, 0.6) is 0 Å². The quantitative estimate of drug-likeness (QED) is 0.709. The Bertz CT molecular complexity index is 804. The number of pyridine rings is 1. The largest absolute Gasteiger partial charge is 0.324 e. The van der Waals surface area contributed by atoms with E-state index >= 15 is 0 Å². The van der Waals surface area contributed by atoms with E-state index in [9.17, 15) is 4.79 Å². The Morgan fingerprint density at radius 3 is 2.35 bits per heavy atom. The standard InChI is InChI=1S/C18H14ClN3O/c19-15-6-8-16(9-7-15)21-18(23)22-17-12-14(10-11-20-17)13-4-2-1-3-5-13/h1-12H,(H2,20,21,22,23). The molecule has 0 aliphatic carbocycles. The molecule has 23 heavy (non-hydrogen) atoms. The zero-order chi connectivity index (χ0) is 16.1. The van der Waals surface area contributed by atoms with Gasteiger partial charge in [0.15, 0.2) is 0 Å². The van der Waals surface area contributed by atoms with Crippen LogP contribution in [0.4, 0.5) is 16.3 Å². The summed E-state index contributed by atoms with van der Waals surface area (Å²) in [5.74, 6) is 0.484. The highest BCUT2D eigenvalue weighted by Gasteiger charge is 2.05. The fourth-order valence-electron chi connectivity index (χ4n) is 2.12. The van der Waals surface area contributed by atoms with Gasteiger partial charge in [-0.1, -0.05) is 41.9 Å². The summed E-state index contributed by atoms with van der Waals surface area (Å²) in [7, 11) is 0. The van der Waals surface area contributed by atoms with Crippen molar-refractivity contribution in [3.63, 3.8) is 0 Å². The Kier molecular flexibility index (Phi) is 4.54. The number of benzene rings is 2. The molecule has 0 fully saturated rings. The Morgan fingerprint density at radius 1 is 0.870 bits per heavy atom. The summed E-state index contributed by atoms with van der Waals surface area (Å²) in [6.45, 7) is 0. The van der Waals surface area contributed by atoms with E-state index < -0.39 is 0 Å². The van der Waals surface area contributed by atoms with Gasteiger partial charge in [0.2, 0.25) is 0 Å². The maximum Gasteiger partial charge on any atom is 0.324 e. The van der Waals surface area contributed by atoms with Gasteiger partial charge in [0.25, 0.3) is 0 Å². The van der Waals surface area contributed by atoms with Crippen LogP contribution < -0.4 is 10.6 Å². The van der Waals surface area contributed by atoms with Crippen LogP contribution in [-0.4, -0.2) is 11.0 Å². The third-order valence-corrected chi connectivity index (χ3v) is 3.46. The van der Waals surface area contributed by atoms with Crippen LogP contribution in [0.25, 0.3) is 11.1 Å². The van der Waals surface area contributed by atoms with Crippen LogP contribution in [0.2, 0.25) is 5.02 Å². The average Bonchev–Trinajstić information content (AvgIpc) is 2.58. The Balaban J connectivity index is 1.70. The molecule has 0 unspecified atom stereocenters. The number of carbonyl (C=O) groups excluding carboxylic acids is 1. The van der Waals surface area contributed by atoms with Crippen molar-refractivity contribution in [1.82, 2.24) is 4.98 Å². The van der Waals surface area contributed by atoms with E-state index in [-0.39, 0.29) is 6.03 Å². The van der Waals surface area contributed by atoms with Gasteiger partial charge in [-0.2, -0.15) is 0 Å². The molecule has 0 saturated heterocycles. The number of hydrogen-bond acceptors (Lipinski definition) is 2. The molecule has 0 saturated carbocycles. The van der Waals surface area contributed by atoms with Crippen LogP contribution in [0.1, 0.15) is 0 Å². The van der Waals surface area contributed by atoms with Crippen molar-refractivity contribution in [1.29, 1.82) is 0 Å². The number of halogens is 1. The van der Waals surface area contributed by atoms with Crippen molar-refractivity contribution in [3.05, 3.63) is 77.9 Å². The van der Waals surface area contributed by atoms with E-state index in [2.05, 4.69) is 15.6 Å². The Morgan fingerprint density at radius 2 is 1.61 bits per heavy atom. The maximum atomic E-state index is 12.0. The van der Waals surface area contributed by atoms with Crippen LogP contribution in [0.3, 0.4) is 0 Å². The highest BCUT2D eigenvalue weighted by Crippen LogP contribution is 2.21. The normalized spacial score (nSPS) is 10.1. The van der Waals surface area contributed by atoms with Crippen molar-refractivity contribution in [3.8, 4) is 11.1 Å². The van der Waals surface area contributed by atoms with E-state index in [0.717, 1.165) is 11.1 Å². The molecule has 0 bridgehead atoms. The maximum absolute atomic E-state index is 12.0. The zero-order valence-electron chi connectivity index (χ0n) is 12.2. The van der Waals surface area contributed by atoms with Crippen molar-refractivity contribution < 1.29 is 4.79 Å². The second-order valence-corrected chi connectivity index (χ2v) is 5.32. The van der Waals surface area contributed by atoms with Gasteiger partial charge < -0.3 is 5.32 Å². The summed E-state index contributed by atoms with van der Waals surface area (Å²) in [5.41, 5.74) is 2.71. The molecule has 2 amide bonds. The number of anilines is 2. The number of urea groups is 1. The van der Waals surface area contributed by atoms with Crippen molar-refractivity contribution >= 4 is 29.1 Å². The summed E-state index contributed by atoms with van der Waals surface area (Å²) < 4.78 is 0. The van der Waals surface area contributed by atoms with E-state index in [1.54, 1.807) is 30.5 Å². The minimum Gasteiger partial charge on any atom is -0.308 e. The second kappa shape index (κ2) is 6.94. The Labute approximate surface area is 139 Å². The first kappa shape index (κ1) is 15.1. The molecule has 4 nitrogen and oxygen atoms in total. The van der Waals surface area contributed by atoms with E-state index in [1.807, 2.05) is 42.5 Å². The number of hydrogen-bond donors (Lipinski definition) is 2. The van der Waals surface area contributed by atoms with Gasteiger partial charge >= 0.3 is 6.03 Å². The van der Waals surface area contributed by atoms with Crippen LogP contribution in [-0.2, 0) is 0 Å². The van der Waals surface area contributed by atoms with Crippen molar-refractivity contribution in [2.75, 3.05) is 10.6 Å². The SMILES string of the molecule is O=C(Nc1ccc(Cl)cc1)Nc1cc(-c2ccccc2)ccn1. The summed E-state index contributed by atoms with van der Waals surface area (Å²) in [6, 6.07) is 20.2. The Hall–Kier alpha value is -2.85. The lowest BCUT2D eigenvalue weighted by molar-refractivity contribution is 0.262. The van der Waals surface area contributed by atoms with Gasteiger partial charge in [0, 0.05) is 16.9 Å². The van der Waals surface area contributed by atoms with Crippen LogP contribution in [0.15, 0.2) is 72.9 Å². The minimum absolute atomic E-state index is 0.356. The monoisotopic (exact) mass is 323 g/mol. The molecule has 0 radical (unpaired) electrons. The van der Waals surface area contributed by atoms with Crippen molar-refractivity contribution in [2.24, 2.45) is 0 Å². The molecular weight excluding hydrogens is 310 g/mol. The predicted octanol–water partition coefficient (Wildman–Crippen LogP) is 5.05. The first-order valence-corrected chi connectivity index (χ1v) is 7.43. The van der Waals surface area contributed by atoms with Gasteiger partial charge in [-0.05, 0) is 47.5 Å². The molecule has 0 spiro atoms. The lowest BCUT2D eigenvalue weighted by Gasteiger charge is -2.08. The van der Waals surface area contributed by atoms with Gasteiger partial charge in [-0.3, -0.25) is 5.32 Å². The molecule has 3 rings (SSSR count). The number of rotatable bonds is 3. The average molecular weight is 324 g/mol. The van der Waals surface area contributed by atoms with Crippen LogP contribution >= 0.6 is 11.6 Å². The topological polar surface area (TPSA) is 54.0 Å². The number of aromatic nitrogens is 1. The number of carbonyl (C=O) groups is 1. The van der Waals surface area contributed by atoms with Gasteiger partial charge in [0.05, 0.1) is 0 Å². The highest BCUT2D eigenvalue weighted by molar-refractivity contribution is 6.30. The lowest BCUT2D eigenvalue weighted by atomic mass is 10.1. The smallest absolute Gasteiger partial charge is 0.308 e. The van der Waals surface area contributed by atoms with Gasteiger partial charge in [0.1, 0.15) is 5.82 Å². The van der Waals surface area contributed by atoms with Gasteiger partial charge in [-0.15, -0.1) is 0 Å². The number of nitrogens with one attached hydrogen (secondary N) is 2. The molecule has 0 aliphatic heterocycles. The molecule has 2 N–H and O–H groups in total. The first-order chi connectivity index (χ1) is 11.2. The summed E-state index contributed by atoms with van der Waals surface area (Å²) in [6.07, 6.45) is 1.67. The minimum atomic E-state index is -0.356. The third kappa shape index (κ3) is 4.08. The zero-order valence-corrected chi connectivity index (χ0v) is 12.9. The number of amides is 2. The summed E-state index contributed by atoms with van der Waals surface area (Å²) in [5, 5.41) is 6.07.